The topological polar surface area (TPSA) is 63.6 Å². The van der Waals surface area contributed by atoms with Gasteiger partial charge in [-0.3, -0.25) is 4.79 Å². The van der Waals surface area contributed by atoms with Crippen LogP contribution in [0.5, 0.6) is 0 Å². The number of carbonyl (C=O) groups excluding carboxylic acids is 1. The molecule has 0 spiro atoms. The van der Waals surface area contributed by atoms with Crippen molar-refractivity contribution in [2.45, 2.75) is 19.8 Å². The third-order valence-electron chi connectivity index (χ3n) is 0.655. The molecule has 0 heterocycles. The zero-order chi connectivity index (χ0) is 7.28. The van der Waals surface area contributed by atoms with Crippen LogP contribution in [0.1, 0.15) is 19.8 Å². The van der Waals surface area contributed by atoms with Crippen LogP contribution in [0, 0.1) is 0 Å². The first kappa shape index (κ1) is 13.3. The van der Waals surface area contributed by atoms with Crippen molar-refractivity contribution in [3.63, 3.8) is 0 Å². The van der Waals surface area contributed by atoms with E-state index in [1.807, 2.05) is 0 Å². The van der Waals surface area contributed by atoms with Gasteiger partial charge in [0.25, 0.3) is 0 Å². The van der Waals surface area contributed by atoms with E-state index in [9.17, 15) is 9.36 Å². The molecule has 0 radical (unpaired) electrons. The molecule has 0 aromatic carbocycles. The summed E-state index contributed by atoms with van der Waals surface area (Å²) in [5.41, 5.74) is 0. The monoisotopic (exact) mass is 176 g/mol. The van der Waals surface area contributed by atoms with Crippen LogP contribution in [0.2, 0.25) is 0 Å². The maximum atomic E-state index is 10.3. The summed E-state index contributed by atoms with van der Waals surface area (Å²) in [6.45, 7) is 1.79. The van der Waals surface area contributed by atoms with Crippen molar-refractivity contribution in [2.24, 2.45) is 0 Å². The summed E-state index contributed by atoms with van der Waals surface area (Å²) in [4.78, 5) is 18.3. The fourth-order valence-corrected chi connectivity index (χ4v) is 0.649. The summed E-state index contributed by atoms with van der Waals surface area (Å²) in [5, 5.41) is 0. The molecule has 0 aliphatic heterocycles. The van der Waals surface area contributed by atoms with Crippen LogP contribution in [0.4, 0.5) is 0 Å². The second-order valence-electron chi connectivity index (χ2n) is 1.49. The Bertz CT molecular complexity index is 126. The zero-order valence-corrected chi connectivity index (χ0v) is 6.09. The van der Waals surface area contributed by atoms with Crippen molar-refractivity contribution in [3.8, 4) is 0 Å². The number of rotatable bonds is 3. The molecule has 0 rings (SSSR count). The Hall–Kier alpha value is 0.660. The minimum atomic E-state index is -3.06. The molecule has 10 heavy (non-hydrogen) atoms. The fourth-order valence-electron chi connectivity index (χ4n) is 0.353. The molecule has 0 saturated heterocycles. The second kappa shape index (κ2) is 7.76. The summed E-state index contributed by atoms with van der Waals surface area (Å²) in [6, 6.07) is 0. The Morgan fingerprint density at radius 3 is 2.50 bits per heavy atom. The molecule has 0 bridgehead atoms. The van der Waals surface area contributed by atoms with Crippen molar-refractivity contribution in [2.75, 3.05) is 0 Å². The molecule has 0 aromatic heterocycles. The van der Waals surface area contributed by atoms with E-state index in [0.29, 0.717) is 6.42 Å². The van der Waals surface area contributed by atoms with Crippen molar-refractivity contribution in [1.82, 2.24) is 0 Å². The van der Waals surface area contributed by atoms with Gasteiger partial charge in [-0.15, -0.1) is 0 Å². The Kier molecular flexibility index (Phi) is 10.3. The third-order valence-corrected chi connectivity index (χ3v) is 1.06. The Balaban J connectivity index is 0. The van der Waals surface area contributed by atoms with E-state index in [1.165, 1.54) is 0 Å². The summed E-state index contributed by atoms with van der Waals surface area (Å²) >= 11 is 0. The van der Waals surface area contributed by atoms with E-state index in [4.69, 9.17) is 4.89 Å². The predicted octanol–water partition coefficient (Wildman–Crippen LogP) is 0.0632. The number of carbonyl (C=O) groups is 1. The molecule has 0 amide bonds. The van der Waals surface area contributed by atoms with Gasteiger partial charge in [-0.25, -0.2) is 4.57 Å². The van der Waals surface area contributed by atoms with Gasteiger partial charge < -0.3 is 9.42 Å². The predicted molar refractivity (Wildman–Crippen MR) is 39.4 cm³/mol. The average Bonchev–Trinajstić information content (AvgIpc) is 1.63. The Labute approximate surface area is 82.2 Å². The van der Waals surface area contributed by atoms with Crippen molar-refractivity contribution in [3.05, 3.63) is 0 Å². The van der Waals surface area contributed by atoms with Crippen LogP contribution in [-0.2, 0) is 13.9 Å². The molecule has 0 aliphatic rings. The average molecular weight is 176 g/mol. The first-order valence-corrected chi connectivity index (χ1v) is 3.86. The SMILES string of the molecule is CCCC(=O)O[PH](=O)O.[NaH]. The van der Waals surface area contributed by atoms with Gasteiger partial charge >= 0.3 is 43.8 Å². The third kappa shape index (κ3) is 8.66. The fraction of sp³-hybridized carbons (Fsp3) is 0.750. The first-order valence-electron chi connectivity index (χ1n) is 2.60. The van der Waals surface area contributed by atoms with Crippen molar-refractivity contribution < 1.29 is 18.8 Å². The van der Waals surface area contributed by atoms with Crippen LogP contribution < -0.4 is 0 Å². The summed E-state index contributed by atoms with van der Waals surface area (Å²) in [7, 11) is -3.06. The van der Waals surface area contributed by atoms with Crippen molar-refractivity contribution >= 4 is 43.8 Å². The van der Waals surface area contributed by atoms with Gasteiger partial charge in [0.2, 0.25) is 0 Å². The molecule has 0 aromatic rings. The Morgan fingerprint density at radius 2 is 2.20 bits per heavy atom. The van der Waals surface area contributed by atoms with Gasteiger partial charge in [0.05, 0.1) is 0 Å². The van der Waals surface area contributed by atoms with E-state index in [1.54, 1.807) is 6.92 Å². The van der Waals surface area contributed by atoms with E-state index in [-0.39, 0.29) is 36.0 Å². The second-order valence-corrected chi connectivity index (χ2v) is 2.23. The number of hydrogen-bond donors (Lipinski definition) is 1. The van der Waals surface area contributed by atoms with Crippen molar-refractivity contribution in [1.29, 1.82) is 0 Å². The molecular formula is C4H10NaO4P. The van der Waals surface area contributed by atoms with Gasteiger partial charge in [-0.2, -0.15) is 0 Å². The van der Waals surface area contributed by atoms with E-state index < -0.39 is 14.2 Å². The molecule has 4 nitrogen and oxygen atoms in total. The van der Waals surface area contributed by atoms with Gasteiger partial charge in [-0.1, -0.05) is 6.92 Å². The van der Waals surface area contributed by atoms with E-state index >= 15 is 0 Å². The molecule has 0 aliphatic carbocycles. The molecule has 6 heteroatoms. The quantitative estimate of drug-likeness (QED) is 0.488. The van der Waals surface area contributed by atoms with Crippen LogP contribution >= 0.6 is 8.25 Å². The molecule has 0 saturated carbocycles. The first-order chi connectivity index (χ1) is 4.16. The standard InChI is InChI=1S/C4H9O4P.Na.H/c1-2-3-4(5)8-9(6)7;;/h9H,2-3H2,1H3,(H,6,7);;. The number of hydrogen-bond acceptors (Lipinski definition) is 3. The van der Waals surface area contributed by atoms with Gasteiger partial charge in [0.1, 0.15) is 0 Å². The van der Waals surface area contributed by atoms with Gasteiger partial charge in [0.15, 0.2) is 0 Å². The van der Waals surface area contributed by atoms with Crippen LogP contribution in [0.15, 0.2) is 0 Å². The summed E-state index contributed by atoms with van der Waals surface area (Å²) in [6.07, 6.45) is 0.838. The summed E-state index contributed by atoms with van der Waals surface area (Å²) in [5.74, 6) is -0.608. The molecule has 1 unspecified atom stereocenters. The maximum absolute atomic E-state index is 10.3. The molecular weight excluding hydrogens is 166 g/mol. The molecule has 1 N–H and O–H groups in total. The zero-order valence-electron chi connectivity index (χ0n) is 5.09. The van der Waals surface area contributed by atoms with Crippen LogP contribution in [0.3, 0.4) is 0 Å². The molecule has 56 valence electrons. The summed E-state index contributed by atoms with van der Waals surface area (Å²) < 4.78 is 13.8. The van der Waals surface area contributed by atoms with Gasteiger partial charge in [-0.05, 0) is 6.42 Å². The minimum absolute atomic E-state index is 0. The molecule has 1 atom stereocenters. The van der Waals surface area contributed by atoms with Crippen LogP contribution in [-0.4, -0.2) is 40.4 Å². The Morgan fingerprint density at radius 1 is 1.70 bits per heavy atom. The van der Waals surface area contributed by atoms with E-state index in [2.05, 4.69) is 4.52 Å². The molecule has 0 fully saturated rings. The van der Waals surface area contributed by atoms with E-state index in [0.717, 1.165) is 0 Å². The van der Waals surface area contributed by atoms with Gasteiger partial charge in [0, 0.05) is 6.42 Å². The normalized spacial score (nSPS) is 11.4. The van der Waals surface area contributed by atoms with Crippen LogP contribution in [0.25, 0.3) is 0 Å².